The third-order valence-electron chi connectivity index (χ3n) is 5.21. The lowest BCUT2D eigenvalue weighted by Gasteiger charge is -2.42. The Hall–Kier alpha value is -0.300. The monoisotopic (exact) mass is 220 g/mol. The molecule has 90 valence electrons. The first-order valence-electron chi connectivity index (χ1n) is 7.10. The smallest absolute Gasteiger partial charge is 0.0614 e. The third-order valence-corrected chi connectivity index (χ3v) is 5.21. The number of hydrogen-bond acceptors (Lipinski definition) is 1. The number of rotatable bonds is 1. The molecule has 0 radical (unpaired) electrons. The molecule has 0 aromatic heterocycles. The van der Waals surface area contributed by atoms with Crippen LogP contribution in [-0.2, 0) is 0 Å². The van der Waals surface area contributed by atoms with E-state index in [-0.39, 0.29) is 6.10 Å². The first kappa shape index (κ1) is 10.8. The molecule has 0 atom stereocenters. The van der Waals surface area contributed by atoms with Crippen LogP contribution in [0.5, 0.6) is 0 Å². The predicted octanol–water partition coefficient (Wildman–Crippen LogP) is 3.67. The van der Waals surface area contributed by atoms with E-state index >= 15 is 0 Å². The van der Waals surface area contributed by atoms with Gasteiger partial charge in [0.2, 0.25) is 0 Å². The SMILES string of the molecule is CC1CCC(C2CC(=C3CC(O)C3)C2)CC1. The summed E-state index contributed by atoms with van der Waals surface area (Å²) in [5, 5.41) is 9.30. The molecule has 0 saturated heterocycles. The van der Waals surface area contributed by atoms with E-state index in [4.69, 9.17) is 0 Å². The van der Waals surface area contributed by atoms with Crippen molar-refractivity contribution >= 4 is 0 Å². The fraction of sp³-hybridized carbons (Fsp3) is 0.867. The summed E-state index contributed by atoms with van der Waals surface area (Å²) in [7, 11) is 0. The summed E-state index contributed by atoms with van der Waals surface area (Å²) in [5.41, 5.74) is 3.32. The quantitative estimate of drug-likeness (QED) is 0.668. The molecule has 3 rings (SSSR count). The van der Waals surface area contributed by atoms with Crippen molar-refractivity contribution in [1.82, 2.24) is 0 Å². The Morgan fingerprint density at radius 2 is 1.38 bits per heavy atom. The lowest BCUT2D eigenvalue weighted by molar-refractivity contribution is 0.127. The van der Waals surface area contributed by atoms with E-state index in [9.17, 15) is 5.11 Å². The van der Waals surface area contributed by atoms with Crippen molar-refractivity contribution in [2.24, 2.45) is 17.8 Å². The predicted molar refractivity (Wildman–Crippen MR) is 66.1 cm³/mol. The molecule has 0 bridgehead atoms. The molecule has 3 aliphatic carbocycles. The molecule has 0 aliphatic heterocycles. The van der Waals surface area contributed by atoms with Crippen molar-refractivity contribution < 1.29 is 5.11 Å². The lowest BCUT2D eigenvalue weighted by atomic mass is 9.63. The van der Waals surface area contributed by atoms with Crippen LogP contribution in [0.4, 0.5) is 0 Å². The van der Waals surface area contributed by atoms with Gasteiger partial charge >= 0.3 is 0 Å². The van der Waals surface area contributed by atoms with Crippen molar-refractivity contribution in [3.05, 3.63) is 11.1 Å². The highest BCUT2D eigenvalue weighted by Crippen LogP contribution is 2.48. The largest absolute Gasteiger partial charge is 0.392 e. The molecule has 16 heavy (non-hydrogen) atoms. The zero-order chi connectivity index (χ0) is 11.1. The summed E-state index contributed by atoms with van der Waals surface area (Å²) in [5.74, 6) is 3.02. The Morgan fingerprint density at radius 1 is 0.812 bits per heavy atom. The highest BCUT2D eigenvalue weighted by atomic mass is 16.3. The van der Waals surface area contributed by atoms with Crippen molar-refractivity contribution in [3.63, 3.8) is 0 Å². The minimum Gasteiger partial charge on any atom is -0.392 e. The zero-order valence-corrected chi connectivity index (χ0v) is 10.4. The minimum atomic E-state index is -0.00270. The van der Waals surface area contributed by atoms with Crippen molar-refractivity contribution in [3.8, 4) is 0 Å². The molecule has 0 amide bonds. The van der Waals surface area contributed by atoms with Crippen molar-refractivity contribution in [2.75, 3.05) is 0 Å². The van der Waals surface area contributed by atoms with Gasteiger partial charge in [0.25, 0.3) is 0 Å². The molecule has 0 spiro atoms. The molecular formula is C15H24O. The second kappa shape index (κ2) is 4.18. The molecule has 3 aliphatic rings. The topological polar surface area (TPSA) is 20.2 Å². The highest BCUT2D eigenvalue weighted by molar-refractivity contribution is 5.28. The minimum absolute atomic E-state index is 0.00270. The van der Waals surface area contributed by atoms with Crippen LogP contribution in [-0.4, -0.2) is 11.2 Å². The summed E-state index contributed by atoms with van der Waals surface area (Å²) in [6.45, 7) is 2.40. The van der Waals surface area contributed by atoms with E-state index in [2.05, 4.69) is 6.92 Å². The molecule has 0 unspecified atom stereocenters. The van der Waals surface area contributed by atoms with E-state index in [1.807, 2.05) is 0 Å². The van der Waals surface area contributed by atoms with Crippen LogP contribution >= 0.6 is 0 Å². The zero-order valence-electron chi connectivity index (χ0n) is 10.4. The number of aliphatic hydroxyl groups is 1. The van der Waals surface area contributed by atoms with Gasteiger partial charge in [-0.3, -0.25) is 0 Å². The maximum absolute atomic E-state index is 9.30. The van der Waals surface area contributed by atoms with Gasteiger partial charge in [0.1, 0.15) is 0 Å². The van der Waals surface area contributed by atoms with Crippen LogP contribution in [0.3, 0.4) is 0 Å². The Morgan fingerprint density at radius 3 is 1.94 bits per heavy atom. The average Bonchev–Trinajstić information content (AvgIpc) is 2.16. The van der Waals surface area contributed by atoms with Gasteiger partial charge in [-0.15, -0.1) is 0 Å². The summed E-state index contributed by atoms with van der Waals surface area (Å²) in [6, 6.07) is 0. The van der Waals surface area contributed by atoms with Gasteiger partial charge in [-0.1, -0.05) is 30.9 Å². The molecule has 0 aromatic carbocycles. The molecule has 1 N–H and O–H groups in total. The maximum atomic E-state index is 9.30. The van der Waals surface area contributed by atoms with Gasteiger partial charge in [0.15, 0.2) is 0 Å². The van der Waals surface area contributed by atoms with Gasteiger partial charge < -0.3 is 5.11 Å². The fourth-order valence-corrected chi connectivity index (χ4v) is 3.75. The fourth-order valence-electron chi connectivity index (χ4n) is 3.75. The molecule has 3 fully saturated rings. The summed E-state index contributed by atoms with van der Waals surface area (Å²) >= 11 is 0. The molecule has 0 heterocycles. The third kappa shape index (κ3) is 1.95. The average molecular weight is 220 g/mol. The molecule has 3 saturated carbocycles. The second-order valence-electron chi connectivity index (χ2n) is 6.46. The number of aliphatic hydroxyl groups excluding tert-OH is 1. The second-order valence-corrected chi connectivity index (χ2v) is 6.46. The van der Waals surface area contributed by atoms with E-state index < -0.39 is 0 Å². The Balaban J connectivity index is 1.48. The van der Waals surface area contributed by atoms with Crippen LogP contribution in [0.1, 0.15) is 58.3 Å². The summed E-state index contributed by atoms with van der Waals surface area (Å²) in [4.78, 5) is 0. The highest BCUT2D eigenvalue weighted by Gasteiger charge is 2.36. The van der Waals surface area contributed by atoms with Crippen LogP contribution in [0, 0.1) is 17.8 Å². The van der Waals surface area contributed by atoms with Crippen LogP contribution in [0.25, 0.3) is 0 Å². The lowest BCUT2D eigenvalue weighted by Crippen LogP contribution is -2.31. The van der Waals surface area contributed by atoms with Gasteiger partial charge in [-0.05, 0) is 56.3 Å². The first-order chi connectivity index (χ1) is 7.72. The first-order valence-corrected chi connectivity index (χ1v) is 7.10. The van der Waals surface area contributed by atoms with E-state index in [0.717, 1.165) is 30.6 Å². The Labute approximate surface area is 98.9 Å². The van der Waals surface area contributed by atoms with Crippen LogP contribution < -0.4 is 0 Å². The standard InChI is InChI=1S/C15H24O/c1-10-2-4-11(5-3-10)12-6-13(7-12)14-8-15(16)9-14/h10-12,15-16H,2-9H2,1H3. The molecule has 0 aromatic rings. The molecule has 1 heteroatoms. The van der Waals surface area contributed by atoms with Gasteiger partial charge in [0, 0.05) is 0 Å². The normalized spacial score (nSPS) is 43.9. The van der Waals surface area contributed by atoms with Crippen molar-refractivity contribution in [1.29, 1.82) is 0 Å². The van der Waals surface area contributed by atoms with E-state index in [1.165, 1.54) is 38.5 Å². The summed E-state index contributed by atoms with van der Waals surface area (Å²) in [6.07, 6.45) is 10.6. The number of hydrogen-bond donors (Lipinski definition) is 1. The maximum Gasteiger partial charge on any atom is 0.0614 e. The van der Waals surface area contributed by atoms with Crippen LogP contribution in [0.15, 0.2) is 11.1 Å². The van der Waals surface area contributed by atoms with Crippen molar-refractivity contribution in [2.45, 2.75) is 64.4 Å². The van der Waals surface area contributed by atoms with Gasteiger partial charge in [-0.25, -0.2) is 0 Å². The van der Waals surface area contributed by atoms with E-state index in [1.54, 1.807) is 11.1 Å². The molecular weight excluding hydrogens is 196 g/mol. The van der Waals surface area contributed by atoms with Gasteiger partial charge in [0.05, 0.1) is 6.10 Å². The Bertz CT molecular complexity index is 281. The number of allylic oxidation sites excluding steroid dienone is 1. The van der Waals surface area contributed by atoms with E-state index in [0.29, 0.717) is 0 Å². The van der Waals surface area contributed by atoms with Gasteiger partial charge in [-0.2, -0.15) is 0 Å². The summed E-state index contributed by atoms with van der Waals surface area (Å²) < 4.78 is 0. The molecule has 1 nitrogen and oxygen atoms in total. The Kier molecular flexibility index (Phi) is 2.83. The van der Waals surface area contributed by atoms with Crippen LogP contribution in [0.2, 0.25) is 0 Å².